The number of hydrogen-bond donors (Lipinski definition) is 2. The summed E-state index contributed by atoms with van der Waals surface area (Å²) in [5, 5.41) is 20.1. The minimum absolute atomic E-state index is 0.139. The molecule has 134 valence electrons. The Morgan fingerprint density at radius 3 is 2.77 bits per heavy atom. The lowest BCUT2D eigenvalue weighted by Crippen LogP contribution is -2.27. The van der Waals surface area contributed by atoms with Crippen LogP contribution in [0.1, 0.15) is 5.56 Å². The van der Waals surface area contributed by atoms with E-state index in [2.05, 4.69) is 15.5 Å². The molecular formula is C18H16FN3O3S. The molecule has 8 heteroatoms. The minimum Gasteiger partial charge on any atom is -0.508 e. The Morgan fingerprint density at radius 2 is 2.00 bits per heavy atom. The second-order valence-electron chi connectivity index (χ2n) is 5.44. The van der Waals surface area contributed by atoms with Gasteiger partial charge < -0.3 is 14.8 Å². The number of carbonyl (C=O) groups excluding carboxylic acids is 1. The molecule has 0 aliphatic heterocycles. The molecular weight excluding hydrogens is 357 g/mol. The van der Waals surface area contributed by atoms with Crippen molar-refractivity contribution in [3.05, 3.63) is 59.9 Å². The lowest BCUT2D eigenvalue weighted by molar-refractivity contribution is -0.118. The Labute approximate surface area is 153 Å². The van der Waals surface area contributed by atoms with E-state index >= 15 is 0 Å². The number of amides is 1. The third kappa shape index (κ3) is 5.06. The van der Waals surface area contributed by atoms with Crippen molar-refractivity contribution in [2.45, 2.75) is 11.6 Å². The van der Waals surface area contributed by atoms with Crippen LogP contribution in [0.25, 0.3) is 11.5 Å². The number of thioether (sulfide) groups is 1. The zero-order chi connectivity index (χ0) is 18.4. The fourth-order valence-electron chi connectivity index (χ4n) is 2.21. The van der Waals surface area contributed by atoms with Crippen LogP contribution in [0.2, 0.25) is 0 Å². The summed E-state index contributed by atoms with van der Waals surface area (Å²) < 4.78 is 18.6. The van der Waals surface area contributed by atoms with Crippen molar-refractivity contribution in [2.75, 3.05) is 12.3 Å². The topological polar surface area (TPSA) is 88.2 Å². The number of hydrogen-bond acceptors (Lipinski definition) is 6. The molecule has 2 N–H and O–H groups in total. The molecule has 0 fully saturated rings. The van der Waals surface area contributed by atoms with E-state index in [-0.39, 0.29) is 28.4 Å². The van der Waals surface area contributed by atoms with Gasteiger partial charge in [0.05, 0.1) is 5.75 Å². The van der Waals surface area contributed by atoms with Crippen LogP contribution in [-0.4, -0.2) is 33.5 Å². The van der Waals surface area contributed by atoms with Gasteiger partial charge in [0, 0.05) is 12.1 Å². The van der Waals surface area contributed by atoms with Crippen LogP contribution in [-0.2, 0) is 11.2 Å². The van der Waals surface area contributed by atoms with Crippen LogP contribution >= 0.6 is 11.8 Å². The van der Waals surface area contributed by atoms with Gasteiger partial charge in [-0.25, -0.2) is 4.39 Å². The number of nitrogens with one attached hydrogen (secondary N) is 1. The third-order valence-corrected chi connectivity index (χ3v) is 4.29. The highest BCUT2D eigenvalue weighted by atomic mass is 32.2. The maximum Gasteiger partial charge on any atom is 0.277 e. The molecule has 0 bridgehead atoms. The van der Waals surface area contributed by atoms with Gasteiger partial charge in [0.25, 0.3) is 5.22 Å². The lowest BCUT2D eigenvalue weighted by Gasteiger charge is -2.04. The molecule has 3 rings (SSSR count). The summed E-state index contributed by atoms with van der Waals surface area (Å²) in [6.07, 6.45) is 0.555. The number of phenolic OH excluding ortho intramolecular Hbond substituents is 1. The molecule has 0 aliphatic carbocycles. The van der Waals surface area contributed by atoms with Gasteiger partial charge in [-0.05, 0) is 48.4 Å². The molecule has 0 spiro atoms. The van der Waals surface area contributed by atoms with E-state index in [1.165, 1.54) is 24.3 Å². The van der Waals surface area contributed by atoms with Crippen molar-refractivity contribution < 1.29 is 18.7 Å². The van der Waals surface area contributed by atoms with Gasteiger partial charge >= 0.3 is 0 Å². The Bertz CT molecular complexity index is 883. The summed E-state index contributed by atoms with van der Waals surface area (Å²) in [6, 6.07) is 12.7. The van der Waals surface area contributed by atoms with E-state index in [4.69, 9.17) is 4.42 Å². The Kier molecular flexibility index (Phi) is 5.85. The van der Waals surface area contributed by atoms with Gasteiger partial charge in [0.15, 0.2) is 0 Å². The highest BCUT2D eigenvalue weighted by Gasteiger charge is 2.11. The van der Waals surface area contributed by atoms with Gasteiger partial charge in [0.2, 0.25) is 11.8 Å². The number of halogens is 1. The number of phenols is 1. The van der Waals surface area contributed by atoms with E-state index in [9.17, 15) is 14.3 Å². The predicted octanol–water partition coefficient (Wildman–Crippen LogP) is 3.03. The van der Waals surface area contributed by atoms with Gasteiger partial charge in [-0.3, -0.25) is 4.79 Å². The average molecular weight is 373 g/mol. The van der Waals surface area contributed by atoms with Crippen LogP contribution in [0, 0.1) is 5.82 Å². The van der Waals surface area contributed by atoms with Crippen LogP contribution in [0.3, 0.4) is 0 Å². The summed E-state index contributed by atoms with van der Waals surface area (Å²) in [5.41, 5.74) is 1.51. The highest BCUT2D eigenvalue weighted by molar-refractivity contribution is 7.99. The molecule has 0 unspecified atom stereocenters. The summed E-state index contributed by atoms with van der Waals surface area (Å²) in [6.45, 7) is 0.422. The Hall–Kier alpha value is -2.87. The Balaban J connectivity index is 1.44. The van der Waals surface area contributed by atoms with Crippen molar-refractivity contribution in [2.24, 2.45) is 0 Å². The van der Waals surface area contributed by atoms with Crippen molar-refractivity contribution in [3.63, 3.8) is 0 Å². The van der Waals surface area contributed by atoms with Crippen LogP contribution < -0.4 is 5.32 Å². The molecule has 2 aromatic carbocycles. The lowest BCUT2D eigenvalue weighted by atomic mass is 10.1. The van der Waals surface area contributed by atoms with Crippen molar-refractivity contribution in [1.29, 1.82) is 0 Å². The van der Waals surface area contributed by atoms with Crippen LogP contribution in [0.4, 0.5) is 4.39 Å². The summed E-state index contributed by atoms with van der Waals surface area (Å²) in [5.74, 6) is 0.151. The normalized spacial score (nSPS) is 10.7. The number of aromatic nitrogens is 2. The molecule has 1 aromatic heterocycles. The molecule has 3 aromatic rings. The second-order valence-corrected chi connectivity index (χ2v) is 6.37. The molecule has 0 saturated heterocycles. The maximum atomic E-state index is 13.1. The number of benzene rings is 2. The zero-order valence-corrected chi connectivity index (χ0v) is 14.5. The molecule has 1 amide bonds. The summed E-state index contributed by atoms with van der Waals surface area (Å²) in [4.78, 5) is 11.9. The third-order valence-electron chi connectivity index (χ3n) is 3.47. The van der Waals surface area contributed by atoms with Crippen molar-refractivity contribution >= 4 is 17.7 Å². The first-order valence-electron chi connectivity index (χ1n) is 7.87. The van der Waals surface area contributed by atoms with E-state index < -0.39 is 0 Å². The first-order valence-corrected chi connectivity index (χ1v) is 8.85. The zero-order valence-electron chi connectivity index (χ0n) is 13.7. The SMILES string of the molecule is O=C(CSc1nnc(-c2ccc(O)cc2)o1)NCCc1cccc(F)c1. The van der Waals surface area contributed by atoms with Crippen LogP contribution in [0.15, 0.2) is 58.2 Å². The molecule has 0 atom stereocenters. The predicted molar refractivity (Wildman–Crippen MR) is 95.2 cm³/mol. The van der Waals surface area contributed by atoms with E-state index in [0.717, 1.165) is 17.3 Å². The summed E-state index contributed by atoms with van der Waals surface area (Å²) >= 11 is 1.13. The number of aromatic hydroxyl groups is 1. The van der Waals surface area contributed by atoms with Crippen LogP contribution in [0.5, 0.6) is 5.75 Å². The van der Waals surface area contributed by atoms with Gasteiger partial charge in [-0.15, -0.1) is 10.2 Å². The van der Waals surface area contributed by atoms with Crippen molar-refractivity contribution in [3.8, 4) is 17.2 Å². The first kappa shape index (κ1) is 17.9. The van der Waals surface area contributed by atoms with E-state index in [1.807, 2.05) is 6.07 Å². The van der Waals surface area contributed by atoms with Gasteiger partial charge in [-0.2, -0.15) is 0 Å². The fourth-order valence-corrected chi connectivity index (χ4v) is 2.80. The molecule has 0 saturated carbocycles. The number of rotatable bonds is 7. The first-order chi connectivity index (χ1) is 12.6. The highest BCUT2D eigenvalue weighted by Crippen LogP contribution is 2.24. The second kappa shape index (κ2) is 8.48. The maximum absolute atomic E-state index is 13.1. The molecule has 26 heavy (non-hydrogen) atoms. The summed E-state index contributed by atoms with van der Waals surface area (Å²) in [7, 11) is 0. The standard InChI is InChI=1S/C18H16FN3O3S/c19-14-3-1-2-12(10-14)8-9-20-16(24)11-26-18-22-21-17(25-18)13-4-6-15(23)7-5-13/h1-7,10,23H,8-9,11H2,(H,20,24). The monoisotopic (exact) mass is 373 g/mol. The van der Waals surface area contributed by atoms with Crippen molar-refractivity contribution in [1.82, 2.24) is 15.5 Å². The molecule has 6 nitrogen and oxygen atoms in total. The van der Waals surface area contributed by atoms with E-state index in [0.29, 0.717) is 24.4 Å². The minimum atomic E-state index is -0.287. The Morgan fingerprint density at radius 1 is 1.19 bits per heavy atom. The van der Waals surface area contributed by atoms with Gasteiger partial charge in [-0.1, -0.05) is 23.9 Å². The molecule has 0 aliphatic rings. The smallest absolute Gasteiger partial charge is 0.277 e. The van der Waals surface area contributed by atoms with E-state index in [1.54, 1.807) is 18.2 Å². The fraction of sp³-hybridized carbons (Fsp3) is 0.167. The number of nitrogens with zero attached hydrogens (tertiary/aromatic N) is 2. The average Bonchev–Trinajstić information content (AvgIpc) is 3.10. The van der Waals surface area contributed by atoms with Gasteiger partial charge in [0.1, 0.15) is 11.6 Å². The largest absolute Gasteiger partial charge is 0.508 e. The molecule has 0 radical (unpaired) electrons. The number of carbonyl (C=O) groups is 1. The molecule has 1 heterocycles. The quantitative estimate of drug-likeness (QED) is 0.619.